The summed E-state index contributed by atoms with van der Waals surface area (Å²) in [6.45, 7) is -5.88. The Morgan fingerprint density at radius 1 is 0.617 bits per heavy atom. The molecule has 0 radical (unpaired) electrons. The molecule has 3 aromatic heterocycles. The fraction of sp³-hybridized carbons (Fsp3) is 0.0959. The van der Waals surface area contributed by atoms with Gasteiger partial charge in [-0.2, -0.15) is 12.1 Å². The molecular formula is C73H56BN5OPt-2. The number of anilines is 2. The third kappa shape index (κ3) is 8.88. The number of pyridine rings is 1. The number of fused-ring (bicyclic) bond motifs is 4. The number of para-hydroxylation sites is 3. The molecule has 0 N–H and O–H groups in total. The molecule has 1 aliphatic rings. The van der Waals surface area contributed by atoms with Crippen LogP contribution in [0.4, 0.5) is 11.5 Å². The fourth-order valence-corrected chi connectivity index (χ4v) is 12.4. The molecule has 0 saturated heterocycles. The van der Waals surface area contributed by atoms with E-state index in [9.17, 15) is 9.60 Å². The minimum absolute atomic E-state index is 0.0285. The number of rotatable bonds is 12. The molecule has 0 spiro atoms. The average molecular weight is 1240 g/mol. The van der Waals surface area contributed by atoms with E-state index in [1.165, 1.54) is 6.07 Å². The number of benzene rings is 10. The first kappa shape index (κ1) is 36.3. The first-order valence-electron chi connectivity index (χ1n) is 34.0. The maximum absolute atomic E-state index is 9.58. The van der Waals surface area contributed by atoms with Crippen molar-refractivity contribution in [2.24, 2.45) is 5.92 Å². The van der Waals surface area contributed by atoms with E-state index in [0.717, 1.165) is 38.5 Å². The molecule has 81 heavy (non-hydrogen) atoms. The Hall–Kier alpha value is -9.03. The van der Waals surface area contributed by atoms with Crippen molar-refractivity contribution in [2.45, 2.75) is 40.8 Å². The van der Waals surface area contributed by atoms with Crippen molar-refractivity contribution in [3.63, 3.8) is 0 Å². The van der Waals surface area contributed by atoms with Gasteiger partial charge >= 0.3 is 409 Å². The molecule has 10 aromatic carbocycles. The van der Waals surface area contributed by atoms with Crippen LogP contribution in [0.5, 0.6) is 11.6 Å². The normalized spacial score (nSPS) is 15.5. The molecule has 0 saturated carbocycles. The summed E-state index contributed by atoms with van der Waals surface area (Å²) in [6.07, 6.45) is -1.82. The Morgan fingerprint density at radius 2 is 1.25 bits per heavy atom. The Morgan fingerprint density at radius 3 is 1.94 bits per heavy atom. The molecule has 0 fully saturated rings. The zero-order chi connectivity index (χ0) is 67.7. The van der Waals surface area contributed by atoms with Crippen molar-refractivity contribution in [3.8, 4) is 67.5 Å². The zero-order valence-electron chi connectivity index (χ0n) is 58.7. The van der Waals surface area contributed by atoms with Crippen molar-refractivity contribution < 1.29 is 44.7 Å². The number of ether oxygens (including phenoxy) is 1. The third-order valence-electron chi connectivity index (χ3n) is 14.8. The van der Waals surface area contributed by atoms with Crippen LogP contribution in [0.15, 0.2) is 230 Å². The number of hydrogen-bond donors (Lipinski definition) is 0. The van der Waals surface area contributed by atoms with Crippen LogP contribution in [0.25, 0.3) is 88.7 Å². The second-order valence-corrected chi connectivity index (χ2v) is 21.2. The van der Waals surface area contributed by atoms with Crippen molar-refractivity contribution in [3.05, 3.63) is 269 Å². The standard InChI is InChI=1S/C73H56BN5O.Pt/c1-48(2)42-52-44-63(55-34-30-49(3)31-35-55)71(64(45-52)56-38-36-54(37-39-56)53-18-8-6-9-19-53)77-47-76(66-27-14-15-28-67(66)77)59-22-16-23-60(46-59)80-73-70(57-20-10-7-11-21-57)51(5)43-69(75-73)78-68-29-17-25-62-61-24-12-13-26-65(61)79(72(62)68)74(78)58-40-32-50(4)33-41-58;/h6-28,30-41,43-45,48H,42H2,1-5H3;/q-2;/i3D3,4D3,5D3,32D,33D,40D,41D,42D2;. The van der Waals surface area contributed by atoms with Gasteiger partial charge in [-0.05, 0) is 18.3 Å². The van der Waals surface area contributed by atoms with Gasteiger partial charge in [-0.25, -0.2) is 0 Å². The van der Waals surface area contributed by atoms with Gasteiger partial charge in [-0.15, -0.1) is 5.39 Å². The first-order valence-corrected chi connectivity index (χ1v) is 27.6. The third-order valence-corrected chi connectivity index (χ3v) is 15.8. The smallest absolute Gasteiger partial charge is 0.174 e. The summed E-state index contributed by atoms with van der Waals surface area (Å²) in [4.78, 5) is 6.87. The molecule has 394 valence electrons. The molecular weight excluding hydrogens is 1170 g/mol. The van der Waals surface area contributed by atoms with Crippen LogP contribution >= 0.6 is 0 Å². The quantitative estimate of drug-likeness (QED) is 0.0904. The molecule has 1 aliphatic heterocycles. The molecule has 8 heteroatoms. The molecule has 0 bridgehead atoms. The van der Waals surface area contributed by atoms with E-state index in [2.05, 4.69) is 36.1 Å². The van der Waals surface area contributed by atoms with Crippen LogP contribution in [-0.2, 0) is 25.7 Å². The van der Waals surface area contributed by atoms with Crippen LogP contribution in [0, 0.1) is 42.4 Å². The van der Waals surface area contributed by atoms with Gasteiger partial charge in [0.05, 0.1) is 5.48 Å². The summed E-state index contributed by atoms with van der Waals surface area (Å²) < 4.78 is 148. The molecule has 6 nitrogen and oxygen atoms in total. The van der Waals surface area contributed by atoms with E-state index in [0.29, 0.717) is 59.7 Å². The summed E-state index contributed by atoms with van der Waals surface area (Å²) in [5, 5.41) is 1.55. The maximum atomic E-state index is 9.58. The van der Waals surface area contributed by atoms with Gasteiger partial charge in [0.15, 0.2) is 0 Å². The van der Waals surface area contributed by atoms with Crippen LogP contribution in [0.3, 0.4) is 0 Å². The van der Waals surface area contributed by atoms with Gasteiger partial charge in [-0.3, -0.25) is 0 Å². The number of aromatic nitrogens is 4. The molecule has 0 unspecified atom stereocenters. The Labute approximate surface area is 505 Å². The van der Waals surface area contributed by atoms with E-state index < -0.39 is 69.6 Å². The van der Waals surface area contributed by atoms with E-state index >= 15 is 0 Å². The van der Waals surface area contributed by atoms with E-state index in [1.807, 2.05) is 150 Å². The van der Waals surface area contributed by atoms with Crippen LogP contribution in [0.2, 0.25) is 0 Å². The van der Waals surface area contributed by atoms with Crippen LogP contribution in [-0.4, -0.2) is 25.6 Å². The fourth-order valence-electron chi connectivity index (χ4n) is 11.3. The second kappa shape index (κ2) is 20.6. The number of aryl methyl sites for hydroxylation is 2. The first-order chi connectivity index (χ1) is 45.7. The Kier molecular flexibility index (Phi) is 9.21. The van der Waals surface area contributed by atoms with Crippen molar-refractivity contribution >= 4 is 56.8 Å². The average Bonchev–Trinajstić information content (AvgIpc) is 1.52. The van der Waals surface area contributed by atoms with Gasteiger partial charge in [-0.1, -0.05) is 47.9 Å². The molecule has 0 atom stereocenters. The topological polar surface area (TPSA) is 40.1 Å². The van der Waals surface area contributed by atoms with Crippen LogP contribution < -0.4 is 15.0 Å². The van der Waals surface area contributed by atoms with Crippen molar-refractivity contribution in [1.29, 1.82) is 0 Å². The monoisotopic (exact) mass is 1240 g/mol. The predicted octanol–water partition coefficient (Wildman–Crippen LogP) is 17.6. The van der Waals surface area contributed by atoms with Crippen LogP contribution in [0.1, 0.15) is 56.7 Å². The molecule has 4 heterocycles. The summed E-state index contributed by atoms with van der Waals surface area (Å²) >= 11 is 2.28. The Balaban J connectivity index is 0.983. The number of hydrogen-bond acceptors (Lipinski definition) is 3. The van der Waals surface area contributed by atoms with Gasteiger partial charge < -0.3 is 0 Å². The van der Waals surface area contributed by atoms with E-state index in [4.69, 9.17) is 20.7 Å². The van der Waals surface area contributed by atoms with Gasteiger partial charge in [0, 0.05) is 9.63 Å². The minimum Gasteiger partial charge on any atom is -0.174 e. The summed E-state index contributed by atoms with van der Waals surface area (Å²) in [5.41, 5.74) is 9.03. The summed E-state index contributed by atoms with van der Waals surface area (Å²) in [7, 11) is 0. The van der Waals surface area contributed by atoms with Crippen molar-refractivity contribution in [2.75, 3.05) is 4.81 Å². The minimum atomic E-state index is -3.00. The van der Waals surface area contributed by atoms with E-state index in [-0.39, 0.29) is 39.6 Å². The SMILES string of the molecule is [2H]c1c([2H])c(C([2H])([2H])[2H])c([2H])c([2H])c1B1N(c2cc(C([2H])([2H])[2H])c(-c3ccccc3)c(Oc3[c-]c(-n4[c](=[Pt])n(-c5c(-c6ccc(-c7ccccc7)cc6)cc(C([2H])([2H])C(C)C)cc5-c5ccc(C([2H])([2H])[2H])cc5)c5ccccc54)ccc3)n2)c2[c-]ccc3c4ccccc4n1c23. The second-order valence-electron chi connectivity index (χ2n) is 20.2. The van der Waals surface area contributed by atoms with Gasteiger partial charge in [0.25, 0.3) is 0 Å². The molecule has 14 rings (SSSR count). The molecule has 0 aliphatic carbocycles. The van der Waals surface area contributed by atoms with Gasteiger partial charge in [0.1, 0.15) is 0 Å². The number of imidazole rings is 1. The Bertz CT molecular complexity index is 5290. The number of nitrogens with zero attached hydrogens (tertiary/aromatic N) is 5. The van der Waals surface area contributed by atoms with Crippen molar-refractivity contribution in [1.82, 2.24) is 18.6 Å². The zero-order valence-corrected chi connectivity index (χ0v) is 46.0. The van der Waals surface area contributed by atoms with E-state index in [1.54, 1.807) is 77.6 Å². The summed E-state index contributed by atoms with van der Waals surface area (Å²) in [6, 6.07) is 67.3. The molecule has 13 aromatic rings. The summed E-state index contributed by atoms with van der Waals surface area (Å²) in [5.74, 6) is -0.520. The molecule has 0 amide bonds. The predicted molar refractivity (Wildman–Crippen MR) is 331 cm³/mol. The van der Waals surface area contributed by atoms with Gasteiger partial charge in [0.2, 0.25) is 0 Å².